The van der Waals surface area contributed by atoms with Crippen molar-refractivity contribution in [2.45, 2.75) is 106 Å². The summed E-state index contributed by atoms with van der Waals surface area (Å²) >= 11 is 1.46. The zero-order chi connectivity index (χ0) is 35.1. The molecule has 0 fully saturated rings. The monoisotopic (exact) mass is 780 g/mol. The third-order valence-corrected chi connectivity index (χ3v) is 11.0. The van der Waals surface area contributed by atoms with E-state index in [9.17, 15) is 0 Å². The molecular formula is C47H56Cl2Zr-2. The van der Waals surface area contributed by atoms with Gasteiger partial charge in [-0.3, -0.25) is 6.08 Å². The molecule has 0 saturated carbocycles. The Hall–Kier alpha value is -2.44. The average Bonchev–Trinajstić information content (AvgIpc) is 3.65. The molecular weight excluding hydrogens is 727 g/mol. The van der Waals surface area contributed by atoms with Crippen molar-refractivity contribution in [2.75, 3.05) is 0 Å². The van der Waals surface area contributed by atoms with Crippen LogP contribution in [0.15, 0.2) is 120 Å². The van der Waals surface area contributed by atoms with Crippen molar-refractivity contribution >= 4 is 24.8 Å². The van der Waals surface area contributed by atoms with Crippen LogP contribution in [0.2, 0.25) is 0 Å². The molecule has 0 saturated heterocycles. The van der Waals surface area contributed by atoms with Crippen LogP contribution in [0.5, 0.6) is 0 Å². The van der Waals surface area contributed by atoms with Gasteiger partial charge in [-0.2, -0.15) is 11.1 Å². The molecule has 0 heterocycles. The zero-order valence-electron chi connectivity index (χ0n) is 32.0. The average molecular weight is 783 g/mol. The summed E-state index contributed by atoms with van der Waals surface area (Å²) in [6.07, 6.45) is 8.41. The van der Waals surface area contributed by atoms with Crippen LogP contribution in [0, 0.1) is 12.0 Å². The summed E-state index contributed by atoms with van der Waals surface area (Å²) in [4.78, 5) is 0. The van der Waals surface area contributed by atoms with Crippen LogP contribution in [0.25, 0.3) is 21.5 Å². The molecule has 0 bridgehead atoms. The van der Waals surface area contributed by atoms with Crippen molar-refractivity contribution in [3.8, 4) is 0 Å². The number of allylic oxidation sites excluding steroid dienone is 4. The van der Waals surface area contributed by atoms with Crippen molar-refractivity contribution in [3.63, 3.8) is 0 Å². The maximum atomic E-state index is 3.63. The molecule has 1 aliphatic carbocycles. The van der Waals surface area contributed by atoms with E-state index in [1.165, 1.54) is 96.1 Å². The SMILES string of the molecule is CC(C)(C)c1ccc2c(c1)[cH-]c1cc(C(C)(C)C)ccc12.CCC1=[C-]C(CC)C(CC)=C1CC.[Cl-].[Cl-].[Zr+2]=[C](c1ccccc1)c1ccccc1. The van der Waals surface area contributed by atoms with Gasteiger partial charge < -0.3 is 24.8 Å². The van der Waals surface area contributed by atoms with Crippen molar-refractivity contribution in [1.82, 2.24) is 0 Å². The minimum absolute atomic E-state index is 0. The van der Waals surface area contributed by atoms with Gasteiger partial charge in [-0.05, 0) is 10.8 Å². The molecule has 1 atom stereocenters. The van der Waals surface area contributed by atoms with E-state index in [-0.39, 0.29) is 35.6 Å². The minimum atomic E-state index is 0. The molecule has 50 heavy (non-hydrogen) atoms. The van der Waals surface area contributed by atoms with E-state index >= 15 is 0 Å². The first-order valence-electron chi connectivity index (χ1n) is 18.0. The molecule has 0 aromatic heterocycles. The fourth-order valence-corrected chi connectivity index (χ4v) is 7.50. The Bertz CT molecular complexity index is 1770. The Morgan fingerprint density at radius 1 is 0.620 bits per heavy atom. The van der Waals surface area contributed by atoms with Crippen molar-refractivity contribution < 1.29 is 49.0 Å². The molecule has 0 N–H and O–H groups in total. The van der Waals surface area contributed by atoms with Crippen molar-refractivity contribution in [2.24, 2.45) is 5.92 Å². The van der Waals surface area contributed by atoms with Gasteiger partial charge in [-0.25, -0.2) is 5.57 Å². The molecule has 1 unspecified atom stereocenters. The summed E-state index contributed by atoms with van der Waals surface area (Å²) in [5.74, 6) is 0.634. The second-order valence-corrected chi connectivity index (χ2v) is 16.2. The van der Waals surface area contributed by atoms with Crippen LogP contribution in [-0.2, 0) is 35.1 Å². The molecule has 3 heteroatoms. The van der Waals surface area contributed by atoms with Crippen LogP contribution in [0.3, 0.4) is 0 Å². The van der Waals surface area contributed by atoms with Gasteiger partial charge >= 0.3 is 99.2 Å². The number of benzene rings is 4. The van der Waals surface area contributed by atoms with Gasteiger partial charge in [0.05, 0.1) is 0 Å². The second-order valence-electron chi connectivity index (χ2n) is 15.0. The summed E-state index contributed by atoms with van der Waals surface area (Å²) in [6.45, 7) is 22.7. The topological polar surface area (TPSA) is 0 Å². The molecule has 5 aromatic carbocycles. The third kappa shape index (κ3) is 10.8. The van der Waals surface area contributed by atoms with Crippen LogP contribution < -0.4 is 24.8 Å². The third-order valence-electron chi connectivity index (χ3n) is 9.58. The first-order valence-corrected chi connectivity index (χ1v) is 19.2. The molecule has 5 aromatic rings. The Labute approximate surface area is 331 Å². The summed E-state index contributed by atoms with van der Waals surface area (Å²) in [5, 5.41) is 5.48. The normalized spacial score (nSPS) is 14.2. The molecule has 0 nitrogen and oxygen atoms in total. The van der Waals surface area contributed by atoms with Gasteiger partial charge in [0.25, 0.3) is 0 Å². The van der Waals surface area contributed by atoms with E-state index < -0.39 is 0 Å². The molecule has 1 aliphatic rings. The van der Waals surface area contributed by atoms with E-state index in [1.807, 2.05) is 0 Å². The molecule has 0 amide bonds. The molecule has 0 spiro atoms. The van der Waals surface area contributed by atoms with Gasteiger partial charge in [0, 0.05) is 0 Å². The van der Waals surface area contributed by atoms with Crippen LogP contribution in [-0.4, -0.2) is 3.21 Å². The molecule has 0 aliphatic heterocycles. The summed E-state index contributed by atoms with van der Waals surface area (Å²) in [6, 6.07) is 37.3. The Kier molecular flexibility index (Phi) is 17.0. The summed E-state index contributed by atoms with van der Waals surface area (Å²) < 4.78 is 1.42. The number of rotatable bonds is 6. The predicted molar refractivity (Wildman–Crippen MR) is 209 cm³/mol. The molecule has 0 radical (unpaired) electrons. The first kappa shape index (κ1) is 43.7. The Morgan fingerprint density at radius 3 is 1.40 bits per heavy atom. The van der Waals surface area contributed by atoms with E-state index in [2.05, 4.69) is 178 Å². The fourth-order valence-electron chi connectivity index (χ4n) is 6.68. The van der Waals surface area contributed by atoms with E-state index in [4.69, 9.17) is 0 Å². The van der Waals surface area contributed by atoms with E-state index in [0.29, 0.717) is 5.92 Å². The summed E-state index contributed by atoms with van der Waals surface area (Å²) in [5.41, 5.74) is 10.6. The number of fused-ring (bicyclic) bond motifs is 3. The van der Waals surface area contributed by atoms with Crippen LogP contribution in [0.4, 0.5) is 0 Å². The molecule has 264 valence electrons. The van der Waals surface area contributed by atoms with E-state index in [1.54, 1.807) is 11.1 Å². The standard InChI is InChI=1S/C21H25.C13H10.C13H21.2ClH.Zr/c1-20(2,3)16-7-9-18-14(12-16)11-15-13-17(21(4,5)6)8-10-19(15)18;1-3-7-12(8-4-1)11-13-9-5-2-6-10-13;1-5-10-9-11(6-2)13(8-4)12(10)7-3;;;/h7-13H,1-6H3;1-10H;10H,5-8H2,1-4H3;2*1H;/q-1;;-1;;;+2/p-2. The van der Waals surface area contributed by atoms with Gasteiger partial charge in [0.1, 0.15) is 0 Å². The maximum absolute atomic E-state index is 3.63. The second kappa shape index (κ2) is 19.4. The first-order chi connectivity index (χ1) is 22.8. The van der Waals surface area contributed by atoms with Gasteiger partial charge in [0.2, 0.25) is 0 Å². The van der Waals surface area contributed by atoms with Crippen molar-refractivity contribution in [1.29, 1.82) is 0 Å². The zero-order valence-corrected chi connectivity index (χ0v) is 35.9. The summed E-state index contributed by atoms with van der Waals surface area (Å²) in [7, 11) is 0. The van der Waals surface area contributed by atoms with Gasteiger partial charge in [-0.15, -0.1) is 39.7 Å². The molecule has 6 rings (SSSR count). The quantitative estimate of drug-likeness (QED) is 0.158. The Morgan fingerprint density at radius 2 is 1.06 bits per heavy atom. The van der Waals surface area contributed by atoms with Gasteiger partial charge in [0.15, 0.2) is 0 Å². The van der Waals surface area contributed by atoms with Gasteiger partial charge in [-0.1, -0.05) is 136 Å². The van der Waals surface area contributed by atoms with Crippen molar-refractivity contribution in [3.05, 3.63) is 148 Å². The number of hydrogen-bond donors (Lipinski definition) is 0. The number of hydrogen-bond acceptors (Lipinski definition) is 0. The van der Waals surface area contributed by atoms with Crippen LogP contribution in [0.1, 0.15) is 117 Å². The predicted octanol–water partition coefficient (Wildman–Crippen LogP) is 7.40. The fraction of sp³-hybridized carbons (Fsp3) is 0.362. The van der Waals surface area contributed by atoms with E-state index in [0.717, 1.165) is 6.42 Å². The number of halogens is 2. The van der Waals surface area contributed by atoms with Crippen LogP contribution >= 0.6 is 0 Å². The Balaban J connectivity index is 0.000000265.